The lowest BCUT2D eigenvalue weighted by molar-refractivity contribution is 0.600. The minimum Gasteiger partial charge on any atom is -0.384 e. The molecule has 9 heteroatoms. The van der Waals surface area contributed by atoms with Crippen LogP contribution >= 0.6 is 11.3 Å². The number of nitrogens with one attached hydrogen (secondary N) is 1. The number of pyridine rings is 1. The molecule has 20 heavy (non-hydrogen) atoms. The van der Waals surface area contributed by atoms with Gasteiger partial charge in [-0.25, -0.2) is 13.4 Å². The molecule has 0 aromatic carbocycles. The summed E-state index contributed by atoms with van der Waals surface area (Å²) in [6, 6.07) is 2.82. The molecule has 0 atom stereocenters. The number of nitrogens with two attached hydrogens (primary N) is 1. The van der Waals surface area contributed by atoms with Crippen molar-refractivity contribution in [2.45, 2.75) is 25.2 Å². The zero-order valence-corrected chi connectivity index (χ0v) is 12.7. The van der Waals surface area contributed by atoms with Gasteiger partial charge in [0.2, 0.25) is 5.13 Å². The summed E-state index contributed by atoms with van der Waals surface area (Å²) in [7, 11) is -3.71. The van der Waals surface area contributed by atoms with Crippen molar-refractivity contribution in [1.82, 2.24) is 15.2 Å². The molecule has 0 aliphatic rings. The molecule has 0 unspecified atom stereocenters. The van der Waals surface area contributed by atoms with E-state index in [4.69, 9.17) is 5.73 Å². The summed E-state index contributed by atoms with van der Waals surface area (Å²) in [5, 5.41) is 8.83. The number of sulfonamides is 1. The van der Waals surface area contributed by atoms with Crippen LogP contribution in [-0.2, 0) is 16.4 Å². The molecule has 0 fully saturated rings. The Balaban J connectivity index is 2.16. The maximum absolute atomic E-state index is 12.1. The quantitative estimate of drug-likeness (QED) is 0.865. The molecular formula is C11H15N5O2S2. The van der Waals surface area contributed by atoms with Crippen molar-refractivity contribution >= 4 is 32.3 Å². The first-order valence-electron chi connectivity index (χ1n) is 5.93. The fourth-order valence-corrected chi connectivity index (χ4v) is 3.58. The average molecular weight is 313 g/mol. The Kier molecular flexibility index (Phi) is 4.19. The summed E-state index contributed by atoms with van der Waals surface area (Å²) in [6.07, 6.45) is 1.97. The van der Waals surface area contributed by atoms with E-state index in [1.165, 1.54) is 29.7 Å². The van der Waals surface area contributed by atoms with Gasteiger partial charge in [0.05, 0.1) is 0 Å². The number of rotatable bonds is 5. The second kappa shape index (κ2) is 5.71. The first-order chi connectivity index (χ1) is 9.37. The lowest BCUT2D eigenvalue weighted by atomic mass is 10.1. The third-order valence-corrected chi connectivity index (χ3v) is 4.66. The second-order valence-electron chi connectivity index (χ2n) is 4.62. The molecule has 7 nitrogen and oxygen atoms in total. The third-order valence-electron chi connectivity index (χ3n) is 2.34. The van der Waals surface area contributed by atoms with Gasteiger partial charge in [-0.15, -0.1) is 10.2 Å². The Labute approximate surface area is 121 Å². The van der Waals surface area contributed by atoms with Gasteiger partial charge in [-0.3, -0.25) is 4.72 Å². The predicted octanol–water partition coefficient (Wildman–Crippen LogP) is 1.51. The van der Waals surface area contributed by atoms with E-state index in [1.807, 2.05) is 0 Å². The van der Waals surface area contributed by atoms with Crippen LogP contribution in [0.15, 0.2) is 23.2 Å². The molecule has 3 N–H and O–H groups in total. The minimum absolute atomic E-state index is 0.0345. The molecule has 0 amide bonds. The van der Waals surface area contributed by atoms with Crippen LogP contribution in [0, 0.1) is 5.92 Å². The van der Waals surface area contributed by atoms with Crippen LogP contribution in [0.5, 0.6) is 0 Å². The number of aromatic nitrogens is 3. The second-order valence-corrected chi connectivity index (χ2v) is 7.37. The molecule has 2 heterocycles. The number of hydrogen-bond donors (Lipinski definition) is 2. The van der Waals surface area contributed by atoms with E-state index in [0.717, 1.165) is 11.4 Å². The van der Waals surface area contributed by atoms with Crippen LogP contribution in [0.1, 0.15) is 18.9 Å². The summed E-state index contributed by atoms with van der Waals surface area (Å²) >= 11 is 1.23. The fourth-order valence-electron chi connectivity index (χ4n) is 1.45. The minimum atomic E-state index is -3.71. The highest BCUT2D eigenvalue weighted by molar-refractivity contribution is 7.93. The Morgan fingerprint density at radius 2 is 2.10 bits per heavy atom. The van der Waals surface area contributed by atoms with E-state index in [2.05, 4.69) is 33.8 Å². The maximum Gasteiger partial charge on any atom is 0.265 e. The van der Waals surface area contributed by atoms with Gasteiger partial charge in [-0.1, -0.05) is 25.2 Å². The smallest absolute Gasteiger partial charge is 0.265 e. The predicted molar refractivity (Wildman–Crippen MR) is 77.9 cm³/mol. The van der Waals surface area contributed by atoms with Gasteiger partial charge in [-0.2, -0.15) is 0 Å². The van der Waals surface area contributed by atoms with Crippen LogP contribution < -0.4 is 10.5 Å². The summed E-state index contributed by atoms with van der Waals surface area (Å²) in [5.41, 5.74) is 5.43. The van der Waals surface area contributed by atoms with Crippen molar-refractivity contribution in [3.05, 3.63) is 23.3 Å². The van der Waals surface area contributed by atoms with Crippen molar-refractivity contribution in [2.75, 3.05) is 10.5 Å². The first kappa shape index (κ1) is 14.7. The number of anilines is 2. The molecule has 108 valence electrons. The molecule has 2 aromatic rings. The number of nitrogens with zero attached hydrogens (tertiary/aromatic N) is 3. The molecule has 0 saturated carbocycles. The van der Waals surface area contributed by atoms with E-state index in [9.17, 15) is 8.42 Å². The Morgan fingerprint density at radius 3 is 2.70 bits per heavy atom. The maximum atomic E-state index is 12.1. The fraction of sp³-hybridized carbons (Fsp3) is 0.364. The van der Waals surface area contributed by atoms with Crippen LogP contribution in [0.25, 0.3) is 0 Å². The molecule has 0 aliphatic heterocycles. The van der Waals surface area contributed by atoms with Gasteiger partial charge in [0.25, 0.3) is 10.0 Å². The third kappa shape index (κ3) is 3.64. The van der Waals surface area contributed by atoms with Crippen molar-refractivity contribution in [1.29, 1.82) is 0 Å². The lowest BCUT2D eigenvalue weighted by Gasteiger charge is -2.04. The highest BCUT2D eigenvalue weighted by Gasteiger charge is 2.17. The van der Waals surface area contributed by atoms with E-state index in [1.54, 1.807) is 0 Å². The van der Waals surface area contributed by atoms with E-state index in [-0.39, 0.29) is 15.8 Å². The van der Waals surface area contributed by atoms with Crippen LogP contribution in [0.2, 0.25) is 0 Å². The monoisotopic (exact) mass is 313 g/mol. The topological polar surface area (TPSA) is 111 Å². The molecule has 0 radical (unpaired) electrons. The average Bonchev–Trinajstić information content (AvgIpc) is 2.75. The summed E-state index contributed by atoms with van der Waals surface area (Å²) in [4.78, 5) is 3.79. The number of nitrogen functional groups attached to an aromatic ring is 1. The van der Waals surface area contributed by atoms with Crippen molar-refractivity contribution in [3.8, 4) is 0 Å². The van der Waals surface area contributed by atoms with Gasteiger partial charge in [0, 0.05) is 12.6 Å². The van der Waals surface area contributed by atoms with E-state index >= 15 is 0 Å². The van der Waals surface area contributed by atoms with Crippen molar-refractivity contribution < 1.29 is 8.42 Å². The molecule has 2 rings (SSSR count). The highest BCUT2D eigenvalue weighted by atomic mass is 32.2. The van der Waals surface area contributed by atoms with Crippen molar-refractivity contribution in [3.63, 3.8) is 0 Å². The molecule has 0 bridgehead atoms. The summed E-state index contributed by atoms with van der Waals surface area (Å²) < 4.78 is 26.6. The van der Waals surface area contributed by atoms with Crippen LogP contribution in [0.4, 0.5) is 10.9 Å². The molecule has 0 spiro atoms. The van der Waals surface area contributed by atoms with Gasteiger partial charge in [0.1, 0.15) is 15.7 Å². The summed E-state index contributed by atoms with van der Waals surface area (Å²) in [5.74, 6) is 0.702. The normalized spacial score (nSPS) is 11.8. The Hall–Kier alpha value is -1.74. The van der Waals surface area contributed by atoms with Crippen LogP contribution in [-0.4, -0.2) is 23.6 Å². The summed E-state index contributed by atoms with van der Waals surface area (Å²) in [6.45, 7) is 4.12. The largest absolute Gasteiger partial charge is 0.384 e. The lowest BCUT2D eigenvalue weighted by Crippen LogP contribution is -2.13. The molecule has 0 aliphatic carbocycles. The van der Waals surface area contributed by atoms with Crippen LogP contribution in [0.3, 0.4) is 0 Å². The van der Waals surface area contributed by atoms with Gasteiger partial charge in [0.15, 0.2) is 0 Å². The molecule has 2 aromatic heterocycles. The number of hydrogen-bond acceptors (Lipinski definition) is 7. The first-order valence-corrected chi connectivity index (χ1v) is 8.23. The molecular weight excluding hydrogens is 298 g/mol. The van der Waals surface area contributed by atoms with Crippen molar-refractivity contribution in [2.24, 2.45) is 5.92 Å². The van der Waals surface area contributed by atoms with E-state index in [0.29, 0.717) is 5.92 Å². The Morgan fingerprint density at radius 1 is 1.35 bits per heavy atom. The van der Waals surface area contributed by atoms with E-state index < -0.39 is 10.0 Å². The zero-order valence-electron chi connectivity index (χ0n) is 11.1. The van der Waals surface area contributed by atoms with Gasteiger partial charge < -0.3 is 5.73 Å². The van der Waals surface area contributed by atoms with Gasteiger partial charge in [-0.05, 0) is 18.1 Å². The zero-order chi connectivity index (χ0) is 14.8. The SMILES string of the molecule is CC(C)Cc1nnc(NS(=O)(=O)c2ccc(N)nc2)s1. The Bertz CT molecular complexity index is 679. The van der Waals surface area contributed by atoms with Gasteiger partial charge >= 0.3 is 0 Å². The molecule has 0 saturated heterocycles. The standard InChI is InChI=1S/C11H15N5O2S2/c1-7(2)5-10-14-15-11(19-10)16-20(17,18)8-3-4-9(12)13-6-8/h3-4,6-7H,5H2,1-2H3,(H2,12,13)(H,15,16). The highest BCUT2D eigenvalue weighted by Crippen LogP contribution is 2.21.